The van der Waals surface area contributed by atoms with Gasteiger partial charge in [0.25, 0.3) is 0 Å². The van der Waals surface area contributed by atoms with Crippen molar-refractivity contribution in [3.05, 3.63) is 196 Å². The molecule has 7 aromatic rings. The van der Waals surface area contributed by atoms with Crippen LogP contribution in [0.4, 0.5) is 110 Å². The van der Waals surface area contributed by atoms with Crippen LogP contribution >= 0.6 is 0 Å². The molecule has 0 amide bonds. The van der Waals surface area contributed by atoms with Crippen molar-refractivity contribution in [3.8, 4) is 0 Å². The van der Waals surface area contributed by atoms with Gasteiger partial charge in [0.05, 0.1) is 44.5 Å². The maximum Gasteiger partial charge on any atom is 0.416 e. The first-order valence-electron chi connectivity index (χ1n) is 20.6. The van der Waals surface area contributed by atoms with Crippen molar-refractivity contribution < 1.29 is 114 Å². The third-order valence-corrected chi connectivity index (χ3v) is 11.5. The molecule has 400 valence electrons. The molecule has 0 aliphatic carbocycles. The number of hydrogen-bond acceptors (Lipinski definition) is 0. The number of pyridine rings is 1. The molecule has 0 N–H and O–H groups in total. The van der Waals surface area contributed by atoms with E-state index in [4.69, 9.17) is 0 Å². The molecule has 75 heavy (non-hydrogen) atoms. The van der Waals surface area contributed by atoms with E-state index < -0.39 is 195 Å². The first kappa shape index (κ1) is 57.3. The van der Waals surface area contributed by atoms with Crippen LogP contribution in [0.1, 0.15) is 50.1 Å². The summed E-state index contributed by atoms with van der Waals surface area (Å²) in [5.41, 5.74) is -27.9. The first-order chi connectivity index (χ1) is 34.1. The van der Waals surface area contributed by atoms with E-state index in [-0.39, 0.29) is 5.82 Å². The van der Waals surface area contributed by atoms with Gasteiger partial charge in [-0.05, 0) is 60.7 Å². The molecule has 1 nitrogen and oxygen atoms in total. The maximum atomic E-state index is 14.2. The Morgan fingerprint density at radius 3 is 0.827 bits per heavy atom. The minimum absolute atomic E-state index is 0.193. The third kappa shape index (κ3) is 12.9. The van der Waals surface area contributed by atoms with Gasteiger partial charge < -0.3 is 0 Å². The molecule has 7 rings (SSSR count). The van der Waals surface area contributed by atoms with Crippen molar-refractivity contribution in [3.63, 3.8) is 0 Å². The van der Waals surface area contributed by atoms with Crippen LogP contribution < -0.4 is 26.4 Å². The van der Waals surface area contributed by atoms with Crippen LogP contribution in [0.2, 0.25) is 0 Å². The fraction of sp³-hybridized carbons (Fsp3) is 0.188. The minimum Gasteiger partial charge on any atom is -0.207 e. The minimum atomic E-state index is -6.13. The predicted molar refractivity (Wildman–Crippen MR) is 220 cm³/mol. The van der Waals surface area contributed by atoms with E-state index in [0.717, 1.165) is 12.1 Å². The standard InChI is InChI=1S/C32H12BF24.C16H13FN/c34-25(35,36)13-1-14(26(37,38)39)6-21(5-13)33(22-7-15(27(40,41)42)2-16(8-22)28(43,44)45,23-9-17(29(46,47)48)3-18(10-23)30(49,50)51)24-11-19(31(52,53)54)4-20(12-24)32(55,56)57;17-15-9-7-13(8-10-15)12-18-11-3-5-14-4-1-2-6-16(14)18/h1-12H;1-11H,12H2/q-1;+1. The first-order valence-corrected chi connectivity index (χ1v) is 20.6. The number of alkyl halides is 24. The molecule has 0 spiro atoms. The highest BCUT2D eigenvalue weighted by Gasteiger charge is 2.47. The van der Waals surface area contributed by atoms with Crippen LogP contribution in [0.5, 0.6) is 0 Å². The van der Waals surface area contributed by atoms with Crippen LogP contribution in [-0.4, -0.2) is 6.15 Å². The second kappa shape index (κ2) is 19.6. The van der Waals surface area contributed by atoms with Gasteiger partial charge in [-0.25, -0.2) is 4.39 Å². The number of aromatic nitrogens is 1. The topological polar surface area (TPSA) is 3.88 Å². The average molecular weight is 1100 g/mol. The molecule has 0 saturated heterocycles. The monoisotopic (exact) mass is 1100 g/mol. The van der Waals surface area contributed by atoms with Crippen LogP contribution in [-0.2, 0) is 56.0 Å². The summed E-state index contributed by atoms with van der Waals surface area (Å²) >= 11 is 0. The van der Waals surface area contributed by atoms with Gasteiger partial charge in [0.15, 0.2) is 12.7 Å². The van der Waals surface area contributed by atoms with E-state index >= 15 is 0 Å². The zero-order chi connectivity index (χ0) is 56.3. The lowest BCUT2D eigenvalue weighted by Crippen LogP contribution is -2.75. The largest absolute Gasteiger partial charge is 0.416 e. The molecule has 1 heterocycles. The second-order valence-electron chi connectivity index (χ2n) is 16.5. The molecule has 0 aliphatic heterocycles. The Balaban J connectivity index is 0.000000421. The van der Waals surface area contributed by atoms with Gasteiger partial charge in [-0.15, -0.1) is 0 Å². The second-order valence-corrected chi connectivity index (χ2v) is 16.5. The van der Waals surface area contributed by atoms with Gasteiger partial charge in [-0.1, -0.05) is 60.7 Å². The van der Waals surface area contributed by atoms with Crippen molar-refractivity contribution in [2.24, 2.45) is 0 Å². The van der Waals surface area contributed by atoms with E-state index in [1.807, 2.05) is 36.5 Å². The van der Waals surface area contributed by atoms with Crippen LogP contribution in [0.3, 0.4) is 0 Å². The summed E-state index contributed by atoms with van der Waals surface area (Å²) in [5.74, 6) is -0.193. The van der Waals surface area contributed by atoms with Crippen molar-refractivity contribution >= 4 is 38.9 Å². The molecule has 0 fully saturated rings. The Kier molecular flexibility index (Phi) is 15.0. The molecular formula is C48H25BF25N. The van der Waals surface area contributed by atoms with E-state index in [2.05, 4.69) is 22.8 Å². The number of fused-ring (bicyclic) bond motifs is 1. The molecule has 0 bridgehead atoms. The molecule has 0 unspecified atom stereocenters. The summed E-state index contributed by atoms with van der Waals surface area (Å²) in [6.45, 7) is 0.752. The highest BCUT2D eigenvalue weighted by atomic mass is 19.4. The van der Waals surface area contributed by atoms with Gasteiger partial charge in [-0.3, -0.25) is 0 Å². The van der Waals surface area contributed by atoms with Crippen LogP contribution in [0.25, 0.3) is 10.9 Å². The Labute approximate surface area is 404 Å². The number of benzene rings is 6. The Hall–Kier alpha value is -6.96. The van der Waals surface area contributed by atoms with Crippen molar-refractivity contribution in [1.29, 1.82) is 0 Å². The number of para-hydroxylation sites is 1. The van der Waals surface area contributed by atoms with E-state index in [1.165, 1.54) is 23.0 Å². The van der Waals surface area contributed by atoms with Gasteiger partial charge in [-0.2, -0.15) is 132 Å². The normalized spacial score (nSPS) is 13.5. The molecule has 0 saturated carbocycles. The summed E-state index contributed by atoms with van der Waals surface area (Å²) in [4.78, 5) is 0. The Bertz CT molecular complexity index is 2750. The molecule has 27 heteroatoms. The quantitative estimate of drug-likeness (QED) is 0.0888. The zero-order valence-corrected chi connectivity index (χ0v) is 36.5. The number of rotatable bonds is 6. The lowest BCUT2D eigenvalue weighted by atomic mass is 9.12. The molecule has 0 radical (unpaired) electrons. The smallest absolute Gasteiger partial charge is 0.207 e. The predicted octanol–water partition coefficient (Wildman–Crippen LogP) is 14.5. The van der Waals surface area contributed by atoms with Crippen molar-refractivity contribution in [2.45, 2.75) is 56.0 Å². The van der Waals surface area contributed by atoms with E-state index in [1.54, 1.807) is 0 Å². The average Bonchev–Trinajstić information content (AvgIpc) is 3.28. The van der Waals surface area contributed by atoms with Crippen molar-refractivity contribution in [2.75, 3.05) is 0 Å². The summed E-state index contributed by atoms with van der Waals surface area (Å²) < 4.78 is 356. The Morgan fingerprint density at radius 2 is 0.560 bits per heavy atom. The SMILES string of the molecule is FC(F)(F)c1cc([B-](c2cc(C(F)(F)F)cc(C(F)(F)F)c2)(c2cc(C(F)(F)F)cc(C(F)(F)F)c2)c2cc(C(F)(F)F)cc(C(F)(F)F)c2)cc(C(F)(F)F)c1.Fc1ccc(C[n+]2cccc3ccccc32)cc1. The van der Waals surface area contributed by atoms with Gasteiger partial charge >= 0.3 is 49.4 Å². The van der Waals surface area contributed by atoms with Gasteiger partial charge in [0.1, 0.15) is 12.0 Å². The maximum absolute atomic E-state index is 14.2. The van der Waals surface area contributed by atoms with Gasteiger partial charge in [0, 0.05) is 23.1 Å². The van der Waals surface area contributed by atoms with Crippen molar-refractivity contribution in [1.82, 2.24) is 0 Å². The highest BCUT2D eigenvalue weighted by molar-refractivity contribution is 7.20. The third-order valence-electron chi connectivity index (χ3n) is 11.5. The summed E-state index contributed by atoms with van der Waals surface area (Å²) in [6.07, 6.45) is -52.8. The number of nitrogens with zero attached hydrogens (tertiary/aromatic N) is 1. The van der Waals surface area contributed by atoms with E-state index in [0.29, 0.717) is 0 Å². The zero-order valence-electron chi connectivity index (χ0n) is 36.5. The lowest BCUT2D eigenvalue weighted by molar-refractivity contribution is -0.662. The number of hydrogen-bond donors (Lipinski definition) is 0. The summed E-state index contributed by atoms with van der Waals surface area (Å²) in [7, 11) is 0. The molecular weight excluding hydrogens is 1080 g/mol. The highest BCUT2D eigenvalue weighted by Crippen LogP contribution is 2.41. The molecule has 1 aromatic heterocycles. The molecule has 0 aliphatic rings. The fourth-order valence-corrected chi connectivity index (χ4v) is 8.22. The fourth-order valence-electron chi connectivity index (χ4n) is 8.22. The molecule has 0 atom stereocenters. The number of halogens is 25. The Morgan fingerprint density at radius 1 is 0.307 bits per heavy atom. The summed E-state index contributed by atoms with van der Waals surface area (Å²) in [6, 6.07) is 10.2. The lowest BCUT2D eigenvalue weighted by Gasteiger charge is -2.46. The van der Waals surface area contributed by atoms with Gasteiger partial charge in [0.2, 0.25) is 5.52 Å². The molecule has 6 aromatic carbocycles. The van der Waals surface area contributed by atoms with Crippen LogP contribution in [0, 0.1) is 5.82 Å². The summed E-state index contributed by atoms with van der Waals surface area (Å²) in [5, 5.41) is 1.21. The van der Waals surface area contributed by atoms with Crippen LogP contribution in [0.15, 0.2) is 140 Å². The van der Waals surface area contributed by atoms with E-state index in [9.17, 15) is 110 Å².